The van der Waals surface area contributed by atoms with Crippen LogP contribution < -0.4 is 19.6 Å². The molecule has 0 N–H and O–H groups in total. The summed E-state index contributed by atoms with van der Waals surface area (Å²) in [4.78, 5) is 8.94. The van der Waals surface area contributed by atoms with Crippen molar-refractivity contribution >= 4 is 79.3 Å². The maximum atomic E-state index is 5.62. The molecule has 1 aromatic heterocycles. The molecule has 0 aliphatic carbocycles. The lowest BCUT2D eigenvalue weighted by molar-refractivity contribution is 0.315. The molecule has 10 rings (SSSR count). The van der Waals surface area contributed by atoms with E-state index < -0.39 is 0 Å². The average molecular weight is 789 g/mol. The molecule has 0 spiro atoms. The van der Waals surface area contributed by atoms with Crippen LogP contribution in [0.4, 0.5) is 68.2 Å². The van der Waals surface area contributed by atoms with Crippen LogP contribution in [0.2, 0.25) is 0 Å². The lowest BCUT2D eigenvalue weighted by Crippen LogP contribution is -2.14. The number of hydrogen-bond donors (Lipinski definition) is 0. The number of fused-ring (bicyclic) bond motifs is 1. The van der Waals surface area contributed by atoms with Gasteiger partial charge in [0.05, 0.1) is 11.4 Å². The van der Waals surface area contributed by atoms with Gasteiger partial charge in [-0.05, 0) is 144 Å². The number of anilines is 12. The molecule has 10 aromatic rings. The topological polar surface area (TPSA) is 51.9 Å². The van der Waals surface area contributed by atoms with E-state index in [4.69, 9.17) is 4.63 Å². The Balaban J connectivity index is 1.06. The fourth-order valence-corrected chi connectivity index (χ4v) is 7.91. The Labute approximate surface area is 355 Å². The van der Waals surface area contributed by atoms with Gasteiger partial charge in [0.25, 0.3) is 0 Å². The summed E-state index contributed by atoms with van der Waals surface area (Å²) < 4.78 is 5.62. The van der Waals surface area contributed by atoms with E-state index in [9.17, 15) is 0 Å². The number of aromatic nitrogens is 2. The maximum Gasteiger partial charge on any atom is 0.161 e. The van der Waals surface area contributed by atoms with Crippen molar-refractivity contribution in [3.05, 3.63) is 243 Å². The summed E-state index contributed by atoms with van der Waals surface area (Å²) in [5.41, 5.74) is 13.2. The molecule has 0 saturated heterocycles. The van der Waals surface area contributed by atoms with Gasteiger partial charge in [0.1, 0.15) is 0 Å². The van der Waals surface area contributed by atoms with Gasteiger partial charge in [0.2, 0.25) is 0 Å². The highest BCUT2D eigenvalue weighted by molar-refractivity contribution is 6.03. The molecule has 0 fully saturated rings. The Morgan fingerprint density at radius 3 is 0.656 bits per heavy atom. The molecule has 0 bridgehead atoms. The van der Waals surface area contributed by atoms with Crippen molar-refractivity contribution in [3.63, 3.8) is 0 Å². The fourth-order valence-electron chi connectivity index (χ4n) is 7.91. The van der Waals surface area contributed by atoms with Gasteiger partial charge in [-0.2, -0.15) is 0 Å². The largest absolute Gasteiger partial charge is 0.311 e. The van der Waals surface area contributed by atoms with Crippen LogP contribution in [0.15, 0.2) is 247 Å². The minimum absolute atomic E-state index is 0.637. The summed E-state index contributed by atoms with van der Waals surface area (Å²) >= 11 is 0. The second-order valence-corrected chi connectivity index (χ2v) is 14.5. The van der Waals surface area contributed by atoms with Crippen LogP contribution in [-0.2, 0) is 0 Å². The van der Waals surface area contributed by atoms with Crippen LogP contribution in [-0.4, -0.2) is 10.3 Å². The summed E-state index contributed by atoms with van der Waals surface area (Å²) in [7, 11) is 0. The zero-order valence-electron chi connectivity index (χ0n) is 33.2. The zero-order chi connectivity index (χ0) is 40.8. The lowest BCUT2D eigenvalue weighted by Gasteiger charge is -2.30. The van der Waals surface area contributed by atoms with Gasteiger partial charge in [-0.25, -0.2) is 4.63 Å². The van der Waals surface area contributed by atoms with Gasteiger partial charge >= 0.3 is 0 Å². The molecule has 292 valence electrons. The fraction of sp³-hybridized carbons (Fsp3) is 0. The van der Waals surface area contributed by atoms with Crippen molar-refractivity contribution in [2.75, 3.05) is 19.6 Å². The Kier molecular flexibility index (Phi) is 10.2. The standard InChI is InChI=1S/C54H40N6O/c1-7-19-41(20-8-1)57(42-21-9-2-10-22-42)47-31-35-49(36-32-47)59(45-27-15-5-16-28-45)51-39-40-52(54-53(51)55-61-56-54)60(46-29-17-6-18-30-46)50-37-33-48(34-38-50)58(43-23-11-3-12-24-43)44-25-13-4-14-26-44/h1-40H. The third-order valence-corrected chi connectivity index (χ3v) is 10.7. The van der Waals surface area contributed by atoms with Crippen molar-refractivity contribution in [1.82, 2.24) is 10.3 Å². The van der Waals surface area contributed by atoms with Gasteiger partial charge in [0.15, 0.2) is 11.0 Å². The highest BCUT2D eigenvalue weighted by Gasteiger charge is 2.25. The Morgan fingerprint density at radius 1 is 0.213 bits per heavy atom. The predicted octanol–water partition coefficient (Wildman–Crippen LogP) is 15.1. The van der Waals surface area contributed by atoms with Crippen molar-refractivity contribution < 1.29 is 4.63 Å². The highest BCUT2D eigenvalue weighted by Crippen LogP contribution is 2.46. The predicted molar refractivity (Wildman–Crippen MR) is 251 cm³/mol. The molecule has 0 aliphatic heterocycles. The Morgan fingerprint density at radius 2 is 0.410 bits per heavy atom. The third kappa shape index (κ3) is 7.44. The van der Waals surface area contributed by atoms with Crippen LogP contribution in [0, 0.1) is 0 Å². The average Bonchev–Trinajstić information content (AvgIpc) is 3.84. The number of benzene rings is 9. The molecule has 1 heterocycles. The number of hydrogen-bond acceptors (Lipinski definition) is 7. The quantitative estimate of drug-likeness (QED) is 0.122. The SMILES string of the molecule is c1ccc(N(c2ccccc2)c2ccc(N(c3ccccc3)c3ccc(N(c4ccccc4)c4ccc(N(c5ccccc5)c5ccccc5)cc4)c4nonc34)cc2)cc1. The van der Waals surface area contributed by atoms with Crippen LogP contribution in [0.3, 0.4) is 0 Å². The molecule has 7 heteroatoms. The van der Waals surface area contributed by atoms with Crippen molar-refractivity contribution in [3.8, 4) is 0 Å². The molecule has 7 nitrogen and oxygen atoms in total. The van der Waals surface area contributed by atoms with Crippen molar-refractivity contribution in [1.29, 1.82) is 0 Å². The van der Waals surface area contributed by atoms with E-state index >= 15 is 0 Å². The Hall–Kier alpha value is -8.42. The summed E-state index contributed by atoms with van der Waals surface area (Å²) in [6.07, 6.45) is 0. The minimum Gasteiger partial charge on any atom is -0.311 e. The normalized spacial score (nSPS) is 11.0. The summed E-state index contributed by atoms with van der Waals surface area (Å²) in [6, 6.07) is 83.9. The Bertz CT molecular complexity index is 2670. The third-order valence-electron chi connectivity index (χ3n) is 10.7. The summed E-state index contributed by atoms with van der Waals surface area (Å²) in [5, 5.41) is 9.16. The number of para-hydroxylation sites is 6. The molecule has 0 radical (unpaired) electrons. The van der Waals surface area contributed by atoms with Crippen LogP contribution in [0.5, 0.6) is 0 Å². The van der Waals surface area contributed by atoms with Gasteiger partial charge < -0.3 is 19.6 Å². The molecule has 0 atom stereocenters. The van der Waals surface area contributed by atoms with Crippen molar-refractivity contribution in [2.45, 2.75) is 0 Å². The zero-order valence-corrected chi connectivity index (χ0v) is 33.2. The molecule has 61 heavy (non-hydrogen) atoms. The molecular weight excluding hydrogens is 749 g/mol. The smallest absolute Gasteiger partial charge is 0.161 e. The van der Waals surface area contributed by atoms with E-state index in [-0.39, 0.29) is 0 Å². The lowest BCUT2D eigenvalue weighted by atomic mass is 10.1. The molecule has 0 aliphatic rings. The molecule has 9 aromatic carbocycles. The molecule has 0 saturated carbocycles. The first kappa shape index (κ1) is 36.9. The monoisotopic (exact) mass is 788 g/mol. The van der Waals surface area contributed by atoms with Crippen LogP contribution in [0.25, 0.3) is 11.0 Å². The summed E-state index contributed by atoms with van der Waals surface area (Å²) in [6.45, 7) is 0. The maximum absolute atomic E-state index is 5.62. The van der Waals surface area contributed by atoms with E-state index in [0.29, 0.717) is 11.0 Å². The summed E-state index contributed by atoms with van der Waals surface area (Å²) in [5.74, 6) is 0. The van der Waals surface area contributed by atoms with E-state index in [2.05, 4.69) is 212 Å². The second-order valence-electron chi connectivity index (χ2n) is 14.5. The van der Waals surface area contributed by atoms with Gasteiger partial charge in [-0.3, -0.25) is 0 Å². The van der Waals surface area contributed by atoms with E-state index in [1.165, 1.54) is 0 Å². The first-order valence-corrected chi connectivity index (χ1v) is 20.3. The second kappa shape index (κ2) is 16.8. The van der Waals surface area contributed by atoms with Gasteiger partial charge in [0, 0.05) is 56.9 Å². The molecule has 0 unspecified atom stereocenters. The molecule has 0 amide bonds. The minimum atomic E-state index is 0.637. The first-order chi connectivity index (χ1) is 30.3. The van der Waals surface area contributed by atoms with Crippen LogP contribution in [0.1, 0.15) is 0 Å². The highest BCUT2D eigenvalue weighted by atomic mass is 16.6. The van der Waals surface area contributed by atoms with Gasteiger partial charge in [-0.15, -0.1) is 0 Å². The number of nitrogens with zero attached hydrogens (tertiary/aromatic N) is 6. The van der Waals surface area contributed by atoms with E-state index in [0.717, 1.165) is 68.2 Å². The molecular formula is C54H40N6O. The van der Waals surface area contributed by atoms with Crippen molar-refractivity contribution in [2.24, 2.45) is 0 Å². The van der Waals surface area contributed by atoms with Gasteiger partial charge in [-0.1, -0.05) is 109 Å². The van der Waals surface area contributed by atoms with Crippen LogP contribution >= 0.6 is 0 Å². The number of rotatable bonds is 12. The first-order valence-electron chi connectivity index (χ1n) is 20.3. The van der Waals surface area contributed by atoms with E-state index in [1.54, 1.807) is 0 Å². The van der Waals surface area contributed by atoms with E-state index in [1.807, 2.05) is 60.7 Å².